The largest absolute Gasteiger partial charge is 0.497 e. The Hall–Kier alpha value is -0.890. The maximum Gasteiger partial charge on any atom is 0.256 e. The number of rotatable bonds is 4. The van der Waals surface area contributed by atoms with E-state index in [0.717, 1.165) is 4.90 Å². The first-order valence-corrected chi connectivity index (χ1v) is 7.84. The van der Waals surface area contributed by atoms with Crippen molar-refractivity contribution in [1.82, 2.24) is 4.90 Å². The van der Waals surface area contributed by atoms with Gasteiger partial charge < -0.3 is 9.64 Å². The standard InChI is InChI=1S/C14H13ClF2INO2/c1-21-8-2-3-9(10(15)6-8)12-5-4-11(18)14(20)19(12)7-13(16)17/h2-3,5-6,11,13H,4,7H2,1H3. The number of hydrogen-bond donors (Lipinski definition) is 0. The maximum absolute atomic E-state index is 12.8. The fraction of sp³-hybridized carbons (Fsp3) is 0.357. The summed E-state index contributed by atoms with van der Waals surface area (Å²) in [6.07, 6.45) is -0.332. The molecule has 0 fully saturated rings. The van der Waals surface area contributed by atoms with Crippen LogP contribution in [0.4, 0.5) is 8.78 Å². The van der Waals surface area contributed by atoms with E-state index in [2.05, 4.69) is 0 Å². The second-order valence-corrected chi connectivity index (χ2v) is 6.39. The quantitative estimate of drug-likeness (QED) is 0.537. The topological polar surface area (TPSA) is 29.5 Å². The van der Waals surface area contributed by atoms with Gasteiger partial charge in [-0.1, -0.05) is 40.3 Å². The summed E-state index contributed by atoms with van der Waals surface area (Å²) in [5.74, 6) is 0.249. The van der Waals surface area contributed by atoms with Gasteiger partial charge in [-0.15, -0.1) is 0 Å². The molecule has 1 aromatic rings. The molecule has 1 atom stereocenters. The van der Waals surface area contributed by atoms with Gasteiger partial charge in [-0.3, -0.25) is 4.79 Å². The fourth-order valence-electron chi connectivity index (χ4n) is 2.13. The summed E-state index contributed by atoms with van der Waals surface area (Å²) in [6, 6.07) is 4.95. The van der Waals surface area contributed by atoms with E-state index in [1.165, 1.54) is 7.11 Å². The Kier molecular flexibility index (Phi) is 5.43. The Morgan fingerprint density at radius 3 is 2.81 bits per heavy atom. The predicted molar refractivity (Wildman–Crippen MR) is 86.1 cm³/mol. The second kappa shape index (κ2) is 6.91. The van der Waals surface area contributed by atoms with E-state index in [9.17, 15) is 13.6 Å². The SMILES string of the molecule is COc1ccc(C2=CCC(I)C(=O)N2CC(F)F)c(Cl)c1. The third-order valence-electron chi connectivity index (χ3n) is 3.12. The molecule has 114 valence electrons. The van der Waals surface area contributed by atoms with Crippen LogP contribution in [0.1, 0.15) is 12.0 Å². The summed E-state index contributed by atoms with van der Waals surface area (Å²) >= 11 is 8.14. The van der Waals surface area contributed by atoms with Gasteiger partial charge in [0.2, 0.25) is 5.91 Å². The molecule has 1 aromatic carbocycles. The normalized spacial score (nSPS) is 19.0. The average Bonchev–Trinajstić information content (AvgIpc) is 2.44. The molecule has 0 radical (unpaired) electrons. The van der Waals surface area contributed by atoms with Gasteiger partial charge in [0.1, 0.15) is 5.75 Å². The lowest BCUT2D eigenvalue weighted by Gasteiger charge is -2.31. The zero-order valence-corrected chi connectivity index (χ0v) is 14.1. The summed E-state index contributed by atoms with van der Waals surface area (Å²) in [7, 11) is 1.51. The molecule has 1 aliphatic rings. The smallest absolute Gasteiger partial charge is 0.256 e. The minimum Gasteiger partial charge on any atom is -0.497 e. The molecule has 0 aliphatic carbocycles. The molecule has 0 saturated carbocycles. The van der Waals surface area contributed by atoms with E-state index in [-0.39, 0.29) is 9.83 Å². The first-order chi connectivity index (χ1) is 9.93. The van der Waals surface area contributed by atoms with Crippen LogP contribution in [-0.2, 0) is 4.79 Å². The van der Waals surface area contributed by atoms with Gasteiger partial charge in [-0.05, 0) is 24.6 Å². The predicted octanol–water partition coefficient (Wildman–Crippen LogP) is 3.99. The number of hydrogen-bond acceptors (Lipinski definition) is 2. The Morgan fingerprint density at radius 2 is 2.24 bits per heavy atom. The molecule has 1 aliphatic heterocycles. The second-order valence-electron chi connectivity index (χ2n) is 4.48. The van der Waals surface area contributed by atoms with E-state index in [1.54, 1.807) is 24.3 Å². The van der Waals surface area contributed by atoms with Crippen LogP contribution in [-0.4, -0.2) is 34.8 Å². The van der Waals surface area contributed by atoms with Crippen molar-refractivity contribution in [3.63, 3.8) is 0 Å². The van der Waals surface area contributed by atoms with Crippen LogP contribution >= 0.6 is 34.2 Å². The lowest BCUT2D eigenvalue weighted by molar-refractivity contribution is -0.128. The van der Waals surface area contributed by atoms with Crippen LogP contribution in [0.2, 0.25) is 5.02 Å². The van der Waals surface area contributed by atoms with Crippen molar-refractivity contribution in [2.45, 2.75) is 16.8 Å². The number of halogens is 4. The number of benzene rings is 1. The molecule has 3 nitrogen and oxygen atoms in total. The van der Waals surface area contributed by atoms with E-state index in [4.69, 9.17) is 16.3 Å². The fourth-order valence-corrected chi connectivity index (χ4v) is 2.98. The van der Waals surface area contributed by atoms with Gasteiger partial charge in [-0.2, -0.15) is 0 Å². The van der Waals surface area contributed by atoms with Gasteiger partial charge in [0, 0.05) is 11.3 Å². The van der Waals surface area contributed by atoms with Crippen molar-refractivity contribution in [2.24, 2.45) is 0 Å². The van der Waals surface area contributed by atoms with Gasteiger partial charge >= 0.3 is 0 Å². The third-order valence-corrected chi connectivity index (χ3v) is 4.47. The Morgan fingerprint density at radius 1 is 1.52 bits per heavy atom. The average molecular weight is 428 g/mol. The first-order valence-electron chi connectivity index (χ1n) is 6.21. The molecule has 0 saturated heterocycles. The Bertz CT molecular complexity index is 580. The number of carbonyl (C=O) groups excluding carboxylic acids is 1. The van der Waals surface area contributed by atoms with E-state index in [1.807, 2.05) is 22.6 Å². The van der Waals surface area contributed by atoms with E-state index in [0.29, 0.717) is 28.5 Å². The Balaban J connectivity index is 2.41. The van der Waals surface area contributed by atoms with Gasteiger partial charge in [0.15, 0.2) is 0 Å². The molecule has 1 unspecified atom stereocenters. The molecular formula is C14H13ClF2INO2. The molecule has 2 rings (SSSR count). The molecule has 1 heterocycles. The first kappa shape index (κ1) is 16.5. The van der Waals surface area contributed by atoms with Crippen LogP contribution in [0.5, 0.6) is 5.75 Å². The van der Waals surface area contributed by atoms with Crippen LogP contribution in [0.3, 0.4) is 0 Å². The monoisotopic (exact) mass is 427 g/mol. The van der Waals surface area contributed by atoms with Crippen molar-refractivity contribution in [1.29, 1.82) is 0 Å². The molecular weight excluding hydrogens is 415 g/mol. The number of alkyl halides is 3. The third kappa shape index (κ3) is 3.66. The summed E-state index contributed by atoms with van der Waals surface area (Å²) in [5.41, 5.74) is 0.982. The molecule has 1 amide bonds. The highest BCUT2D eigenvalue weighted by atomic mass is 127. The van der Waals surface area contributed by atoms with Crippen LogP contribution in [0.15, 0.2) is 24.3 Å². The highest BCUT2D eigenvalue weighted by Gasteiger charge is 2.31. The summed E-state index contributed by atoms with van der Waals surface area (Å²) in [5, 5.41) is 0.361. The molecule has 21 heavy (non-hydrogen) atoms. The molecule has 0 bridgehead atoms. The molecule has 0 aromatic heterocycles. The number of carbonyl (C=O) groups is 1. The maximum atomic E-state index is 12.8. The Labute approximate surface area is 140 Å². The molecule has 7 heteroatoms. The van der Waals surface area contributed by atoms with Crippen molar-refractivity contribution in [3.05, 3.63) is 34.9 Å². The summed E-state index contributed by atoms with van der Waals surface area (Å²) in [4.78, 5) is 13.3. The number of nitrogens with zero attached hydrogens (tertiary/aromatic N) is 1. The minimum atomic E-state index is -2.60. The molecule has 0 spiro atoms. The zero-order chi connectivity index (χ0) is 15.6. The minimum absolute atomic E-state index is 0.319. The highest BCUT2D eigenvalue weighted by Crippen LogP contribution is 2.34. The zero-order valence-electron chi connectivity index (χ0n) is 11.2. The van der Waals surface area contributed by atoms with Crippen LogP contribution in [0.25, 0.3) is 5.70 Å². The van der Waals surface area contributed by atoms with Gasteiger partial charge in [0.05, 0.1) is 22.6 Å². The number of ether oxygens (including phenoxy) is 1. The summed E-state index contributed by atoms with van der Waals surface area (Å²) < 4.78 is 30.2. The van der Waals surface area contributed by atoms with E-state index < -0.39 is 13.0 Å². The van der Waals surface area contributed by atoms with E-state index >= 15 is 0 Å². The van der Waals surface area contributed by atoms with Crippen molar-refractivity contribution < 1.29 is 18.3 Å². The number of amides is 1. The van der Waals surface area contributed by atoms with Crippen LogP contribution in [0, 0.1) is 0 Å². The van der Waals surface area contributed by atoms with Gasteiger partial charge in [-0.25, -0.2) is 8.78 Å². The van der Waals surface area contributed by atoms with Crippen molar-refractivity contribution in [2.75, 3.05) is 13.7 Å². The van der Waals surface area contributed by atoms with Crippen molar-refractivity contribution in [3.8, 4) is 5.75 Å². The lowest BCUT2D eigenvalue weighted by Crippen LogP contribution is -2.40. The molecule has 0 N–H and O–H groups in total. The highest BCUT2D eigenvalue weighted by molar-refractivity contribution is 14.1. The number of methoxy groups -OCH3 is 1. The van der Waals surface area contributed by atoms with Crippen LogP contribution < -0.4 is 4.74 Å². The van der Waals surface area contributed by atoms with Gasteiger partial charge in [0.25, 0.3) is 6.43 Å². The lowest BCUT2D eigenvalue weighted by atomic mass is 10.0. The van der Waals surface area contributed by atoms with Crippen molar-refractivity contribution >= 4 is 45.8 Å². The summed E-state index contributed by atoms with van der Waals surface area (Å²) in [6.45, 7) is -0.632. The number of allylic oxidation sites excluding steroid dienone is 1.